The zero-order valence-corrected chi connectivity index (χ0v) is 7.79. The Hall–Kier alpha value is -0.460. The molecule has 0 spiro atoms. The average Bonchev–Trinajstić information content (AvgIpc) is 2.04. The summed E-state index contributed by atoms with van der Waals surface area (Å²) >= 11 is 0. The van der Waals surface area contributed by atoms with Gasteiger partial charge in [0, 0.05) is 6.42 Å². The summed E-state index contributed by atoms with van der Waals surface area (Å²) < 4.78 is 0. The summed E-state index contributed by atoms with van der Waals surface area (Å²) in [4.78, 5) is 0. The molecule has 2 unspecified atom stereocenters. The van der Waals surface area contributed by atoms with Crippen LogP contribution in [0.1, 0.15) is 39.0 Å². The van der Waals surface area contributed by atoms with Crippen molar-refractivity contribution in [2.45, 2.75) is 39.0 Å². The molecule has 0 aliphatic heterocycles. The number of hydrogen-bond acceptors (Lipinski definition) is 1. The molecule has 0 aromatic carbocycles. The lowest BCUT2D eigenvalue weighted by Gasteiger charge is -2.38. The monoisotopic (exact) mass is 166 g/mol. The van der Waals surface area contributed by atoms with E-state index in [2.05, 4.69) is 6.92 Å². The molecule has 1 N–H and O–H groups in total. The van der Waals surface area contributed by atoms with Crippen LogP contribution in [0.4, 0.5) is 0 Å². The van der Waals surface area contributed by atoms with E-state index in [1.54, 1.807) is 0 Å². The van der Waals surface area contributed by atoms with Gasteiger partial charge < -0.3 is 5.11 Å². The minimum atomic E-state index is 0.644. The highest BCUT2D eigenvalue weighted by atomic mass is 16.3. The Bertz CT molecular complexity index is 195. The molecular formula is C11H18O. The first-order chi connectivity index (χ1) is 5.77. The molecule has 0 saturated heterocycles. The Morgan fingerprint density at radius 3 is 3.08 bits per heavy atom. The van der Waals surface area contributed by atoms with Crippen LogP contribution in [-0.4, -0.2) is 5.11 Å². The van der Waals surface area contributed by atoms with Gasteiger partial charge in [-0.3, -0.25) is 0 Å². The van der Waals surface area contributed by atoms with Crippen LogP contribution >= 0.6 is 0 Å². The number of rotatable bonds is 0. The summed E-state index contributed by atoms with van der Waals surface area (Å²) in [6.07, 6.45) is 8.22. The van der Waals surface area contributed by atoms with Crippen LogP contribution in [0.15, 0.2) is 11.8 Å². The van der Waals surface area contributed by atoms with Crippen molar-refractivity contribution in [1.29, 1.82) is 0 Å². The molecule has 2 aliphatic carbocycles. The molecule has 1 heteroatoms. The van der Waals surface area contributed by atoms with Crippen LogP contribution in [0.3, 0.4) is 0 Å². The van der Waals surface area contributed by atoms with Crippen molar-refractivity contribution in [2.24, 2.45) is 17.8 Å². The Morgan fingerprint density at radius 2 is 2.25 bits per heavy atom. The van der Waals surface area contributed by atoms with Gasteiger partial charge in [0.25, 0.3) is 0 Å². The molecule has 1 fully saturated rings. The van der Waals surface area contributed by atoms with Crippen LogP contribution in [0.25, 0.3) is 0 Å². The molecule has 0 radical (unpaired) electrons. The second-order valence-corrected chi connectivity index (χ2v) is 4.47. The van der Waals surface area contributed by atoms with Crippen molar-refractivity contribution in [1.82, 2.24) is 0 Å². The predicted octanol–water partition coefficient (Wildman–Crippen LogP) is 3.27. The van der Waals surface area contributed by atoms with Gasteiger partial charge in [-0.1, -0.05) is 19.8 Å². The second-order valence-electron chi connectivity index (χ2n) is 4.47. The Balaban J connectivity index is 2.09. The van der Waals surface area contributed by atoms with E-state index in [4.69, 9.17) is 0 Å². The maximum absolute atomic E-state index is 9.40. The zero-order valence-electron chi connectivity index (χ0n) is 7.79. The van der Waals surface area contributed by atoms with Gasteiger partial charge in [0.2, 0.25) is 0 Å². The molecule has 1 saturated carbocycles. The molecule has 2 rings (SSSR count). The molecular weight excluding hydrogens is 148 g/mol. The molecule has 0 aromatic rings. The minimum absolute atomic E-state index is 0.644. The summed E-state index contributed by atoms with van der Waals surface area (Å²) in [6.45, 7) is 2.37. The fourth-order valence-electron chi connectivity index (χ4n) is 2.90. The third-order valence-electron chi connectivity index (χ3n) is 3.67. The lowest BCUT2D eigenvalue weighted by molar-refractivity contribution is 0.138. The Labute approximate surface area is 74.5 Å². The van der Waals surface area contributed by atoms with Crippen molar-refractivity contribution >= 4 is 0 Å². The molecule has 0 bridgehead atoms. The zero-order chi connectivity index (χ0) is 8.55. The van der Waals surface area contributed by atoms with Crippen LogP contribution in [0, 0.1) is 17.8 Å². The highest BCUT2D eigenvalue weighted by Crippen LogP contribution is 2.42. The maximum atomic E-state index is 9.40. The first kappa shape index (κ1) is 8.15. The SMILES string of the molecule is CC1CCCC2CC(O)=CC[C@@H]12. The van der Waals surface area contributed by atoms with Gasteiger partial charge in [0.05, 0.1) is 5.76 Å². The number of aliphatic hydroxyl groups is 1. The van der Waals surface area contributed by atoms with Crippen molar-refractivity contribution in [3.05, 3.63) is 11.8 Å². The lowest BCUT2D eigenvalue weighted by atomic mass is 9.68. The number of hydrogen-bond donors (Lipinski definition) is 1. The predicted molar refractivity (Wildman–Crippen MR) is 49.9 cm³/mol. The topological polar surface area (TPSA) is 20.2 Å². The smallest absolute Gasteiger partial charge is 0.0885 e. The third kappa shape index (κ3) is 1.37. The lowest BCUT2D eigenvalue weighted by Crippen LogP contribution is -2.28. The van der Waals surface area contributed by atoms with E-state index in [9.17, 15) is 5.11 Å². The van der Waals surface area contributed by atoms with Crippen molar-refractivity contribution in [3.63, 3.8) is 0 Å². The molecule has 2 aliphatic rings. The Morgan fingerprint density at radius 1 is 1.42 bits per heavy atom. The highest BCUT2D eigenvalue weighted by Gasteiger charge is 2.32. The molecule has 1 nitrogen and oxygen atoms in total. The van der Waals surface area contributed by atoms with Crippen molar-refractivity contribution in [2.75, 3.05) is 0 Å². The van der Waals surface area contributed by atoms with E-state index in [-0.39, 0.29) is 0 Å². The number of allylic oxidation sites excluding steroid dienone is 2. The summed E-state index contributed by atoms with van der Waals surface area (Å²) in [5, 5.41) is 9.40. The molecule has 0 amide bonds. The number of aliphatic hydroxyl groups excluding tert-OH is 1. The van der Waals surface area contributed by atoms with Gasteiger partial charge in [0.1, 0.15) is 0 Å². The van der Waals surface area contributed by atoms with Crippen LogP contribution in [0.2, 0.25) is 0 Å². The normalized spacial score (nSPS) is 41.8. The quantitative estimate of drug-likeness (QED) is 0.585. The van der Waals surface area contributed by atoms with Crippen LogP contribution in [0.5, 0.6) is 0 Å². The van der Waals surface area contributed by atoms with E-state index in [0.29, 0.717) is 5.76 Å². The maximum Gasteiger partial charge on any atom is 0.0885 e. The van der Waals surface area contributed by atoms with E-state index in [0.717, 1.165) is 30.6 Å². The third-order valence-corrected chi connectivity index (χ3v) is 3.67. The Kier molecular flexibility index (Phi) is 2.12. The van der Waals surface area contributed by atoms with Gasteiger partial charge in [-0.2, -0.15) is 0 Å². The van der Waals surface area contributed by atoms with Crippen LogP contribution < -0.4 is 0 Å². The largest absolute Gasteiger partial charge is 0.513 e. The average molecular weight is 166 g/mol. The molecule has 12 heavy (non-hydrogen) atoms. The van der Waals surface area contributed by atoms with Crippen LogP contribution in [-0.2, 0) is 0 Å². The van der Waals surface area contributed by atoms with E-state index >= 15 is 0 Å². The molecule has 68 valence electrons. The standard InChI is InChI=1S/C11H18O/c1-8-3-2-4-9-7-10(12)5-6-11(8)9/h5,8-9,11-12H,2-4,6-7H2,1H3/t8?,9?,11-/m0/s1. The van der Waals surface area contributed by atoms with Gasteiger partial charge in [-0.15, -0.1) is 0 Å². The van der Waals surface area contributed by atoms with Crippen molar-refractivity contribution in [3.8, 4) is 0 Å². The van der Waals surface area contributed by atoms with Crippen molar-refractivity contribution < 1.29 is 5.11 Å². The van der Waals surface area contributed by atoms with Gasteiger partial charge in [0.15, 0.2) is 0 Å². The molecule has 3 atom stereocenters. The van der Waals surface area contributed by atoms with Gasteiger partial charge >= 0.3 is 0 Å². The number of fused-ring (bicyclic) bond motifs is 1. The molecule has 0 aromatic heterocycles. The van der Waals surface area contributed by atoms with E-state index in [1.165, 1.54) is 19.3 Å². The first-order valence-electron chi connectivity index (χ1n) is 5.15. The summed E-state index contributed by atoms with van der Waals surface area (Å²) in [7, 11) is 0. The second kappa shape index (κ2) is 3.12. The van der Waals surface area contributed by atoms with E-state index < -0.39 is 0 Å². The summed E-state index contributed by atoms with van der Waals surface area (Å²) in [5.41, 5.74) is 0. The fourth-order valence-corrected chi connectivity index (χ4v) is 2.90. The molecule has 0 heterocycles. The van der Waals surface area contributed by atoms with Gasteiger partial charge in [-0.25, -0.2) is 0 Å². The van der Waals surface area contributed by atoms with Gasteiger partial charge in [-0.05, 0) is 36.7 Å². The first-order valence-corrected chi connectivity index (χ1v) is 5.15. The summed E-state index contributed by atoms with van der Waals surface area (Å²) in [5.74, 6) is 3.19. The summed E-state index contributed by atoms with van der Waals surface area (Å²) in [6, 6.07) is 0. The van der Waals surface area contributed by atoms with E-state index in [1.807, 2.05) is 6.08 Å². The highest BCUT2D eigenvalue weighted by molar-refractivity contribution is 5.02. The minimum Gasteiger partial charge on any atom is -0.513 e. The fraction of sp³-hybridized carbons (Fsp3) is 0.818.